The van der Waals surface area contributed by atoms with Gasteiger partial charge in [-0.1, -0.05) is 115 Å². The van der Waals surface area contributed by atoms with Crippen molar-refractivity contribution in [1.82, 2.24) is 0 Å². The number of carboxylic acids is 1. The maximum absolute atomic E-state index is 12.7. The smallest absolute Gasteiger partial charge is 0.335 e. The van der Waals surface area contributed by atoms with Crippen LogP contribution in [0, 0.1) is 0 Å². The Morgan fingerprint density at radius 1 is 0.577 bits per heavy atom. The van der Waals surface area contributed by atoms with Crippen molar-refractivity contribution in [3.05, 3.63) is 24.3 Å². The quantitative estimate of drug-likeness (QED) is 0.0294. The Bertz CT molecular complexity index is 968. The molecule has 11 heteroatoms. The Kier molecular flexibility index (Phi) is 29.5. The highest BCUT2D eigenvalue weighted by atomic mass is 16.7. The van der Waals surface area contributed by atoms with Crippen LogP contribution in [0.2, 0.25) is 0 Å². The number of carbonyl (C=O) groups excluding carboxylic acids is 2. The van der Waals surface area contributed by atoms with E-state index in [9.17, 15) is 34.8 Å². The lowest BCUT2D eigenvalue weighted by atomic mass is 9.99. The van der Waals surface area contributed by atoms with E-state index in [-0.39, 0.29) is 19.4 Å². The lowest BCUT2D eigenvalue weighted by molar-refractivity contribution is -0.298. The normalized spacial score (nSPS) is 21.1. The van der Waals surface area contributed by atoms with Gasteiger partial charge in [-0.2, -0.15) is 0 Å². The minimum Gasteiger partial charge on any atom is -0.479 e. The lowest BCUT2D eigenvalue weighted by Gasteiger charge is -2.38. The van der Waals surface area contributed by atoms with Crippen LogP contribution in [0.15, 0.2) is 24.3 Å². The third-order valence-electron chi connectivity index (χ3n) is 9.27. The average Bonchev–Trinajstić information content (AvgIpc) is 3.12. The number of allylic oxidation sites excluding steroid dienone is 4. The van der Waals surface area contributed by atoms with E-state index < -0.39 is 61.3 Å². The number of aliphatic hydroxyl groups excluding tert-OH is 3. The number of carbonyl (C=O) groups is 3. The molecule has 1 heterocycles. The van der Waals surface area contributed by atoms with Gasteiger partial charge in [0.1, 0.15) is 24.9 Å². The Balaban J connectivity index is 2.43. The molecule has 0 aromatic heterocycles. The molecule has 0 bridgehead atoms. The molecule has 0 amide bonds. The van der Waals surface area contributed by atoms with Crippen molar-refractivity contribution < 1.29 is 53.8 Å². The highest BCUT2D eigenvalue weighted by Gasteiger charge is 2.47. The number of unbranched alkanes of at least 4 members (excludes halogenated alkanes) is 18. The van der Waals surface area contributed by atoms with Crippen molar-refractivity contribution in [1.29, 1.82) is 0 Å². The van der Waals surface area contributed by atoms with Gasteiger partial charge in [-0.3, -0.25) is 9.59 Å². The summed E-state index contributed by atoms with van der Waals surface area (Å²) in [4.78, 5) is 36.6. The van der Waals surface area contributed by atoms with Gasteiger partial charge in [-0.25, -0.2) is 4.79 Å². The van der Waals surface area contributed by atoms with E-state index in [0.29, 0.717) is 12.8 Å². The Morgan fingerprint density at radius 2 is 1.02 bits per heavy atom. The van der Waals surface area contributed by atoms with Crippen molar-refractivity contribution in [3.8, 4) is 0 Å². The van der Waals surface area contributed by atoms with Gasteiger partial charge < -0.3 is 39.4 Å². The molecule has 0 aliphatic carbocycles. The van der Waals surface area contributed by atoms with Crippen molar-refractivity contribution in [2.75, 3.05) is 13.2 Å². The second-order valence-corrected chi connectivity index (χ2v) is 14.1. The van der Waals surface area contributed by atoms with E-state index in [1.165, 1.54) is 51.4 Å². The largest absolute Gasteiger partial charge is 0.479 e. The molecule has 0 aromatic carbocycles. The zero-order valence-corrected chi connectivity index (χ0v) is 32.3. The number of rotatable bonds is 33. The molecule has 1 fully saturated rings. The molecule has 0 radical (unpaired) electrons. The summed E-state index contributed by atoms with van der Waals surface area (Å²) in [7, 11) is 0. The van der Waals surface area contributed by atoms with Crippen LogP contribution < -0.4 is 0 Å². The van der Waals surface area contributed by atoms with E-state index >= 15 is 0 Å². The van der Waals surface area contributed by atoms with Gasteiger partial charge in [-0.05, 0) is 64.2 Å². The third kappa shape index (κ3) is 24.1. The molecule has 302 valence electrons. The summed E-state index contributed by atoms with van der Waals surface area (Å²) in [5.74, 6) is -2.47. The van der Waals surface area contributed by atoms with Crippen LogP contribution >= 0.6 is 0 Å². The fourth-order valence-electron chi connectivity index (χ4n) is 5.98. The first-order chi connectivity index (χ1) is 25.2. The predicted octanol–water partition coefficient (Wildman–Crippen LogP) is 7.86. The van der Waals surface area contributed by atoms with Crippen LogP contribution in [0.25, 0.3) is 0 Å². The molecule has 6 unspecified atom stereocenters. The molecule has 1 saturated heterocycles. The SMILES string of the molecule is CCCCC/C=C\CCCCCCCC(=O)OC(COC(=O)CCCCCCC/C=C\CCCCCCC)COC1OC(C(=O)O)C(O)C(O)C1O. The fourth-order valence-corrected chi connectivity index (χ4v) is 5.98. The monoisotopic (exact) mass is 741 g/mol. The molecule has 1 rings (SSSR count). The fraction of sp³-hybridized carbons (Fsp3) is 0.829. The van der Waals surface area contributed by atoms with Crippen molar-refractivity contribution in [2.24, 2.45) is 0 Å². The summed E-state index contributed by atoms with van der Waals surface area (Å²) in [5, 5.41) is 39.7. The molecule has 6 atom stereocenters. The number of aliphatic carboxylic acids is 1. The first kappa shape index (κ1) is 47.7. The van der Waals surface area contributed by atoms with Crippen LogP contribution in [0.3, 0.4) is 0 Å². The van der Waals surface area contributed by atoms with Crippen LogP contribution in [0.4, 0.5) is 0 Å². The topological polar surface area (TPSA) is 169 Å². The van der Waals surface area contributed by atoms with Gasteiger partial charge >= 0.3 is 17.9 Å². The minimum absolute atomic E-state index is 0.172. The van der Waals surface area contributed by atoms with Gasteiger partial charge in [0.05, 0.1) is 6.61 Å². The number of hydrogen-bond acceptors (Lipinski definition) is 10. The summed E-state index contributed by atoms with van der Waals surface area (Å²) < 4.78 is 21.6. The van der Waals surface area contributed by atoms with Gasteiger partial charge in [-0.15, -0.1) is 0 Å². The van der Waals surface area contributed by atoms with E-state index in [1.807, 2.05) is 0 Å². The summed E-state index contributed by atoms with van der Waals surface area (Å²) in [5.41, 5.74) is 0. The zero-order chi connectivity index (χ0) is 38.2. The Hall–Kier alpha value is -2.31. The van der Waals surface area contributed by atoms with Gasteiger partial charge in [0, 0.05) is 12.8 Å². The van der Waals surface area contributed by atoms with Gasteiger partial charge in [0.25, 0.3) is 0 Å². The first-order valence-electron chi connectivity index (χ1n) is 20.4. The lowest BCUT2D eigenvalue weighted by Crippen LogP contribution is -2.60. The molecule has 1 aliphatic heterocycles. The van der Waals surface area contributed by atoms with E-state index in [0.717, 1.165) is 77.0 Å². The molecule has 52 heavy (non-hydrogen) atoms. The maximum Gasteiger partial charge on any atom is 0.335 e. The van der Waals surface area contributed by atoms with Crippen molar-refractivity contribution in [3.63, 3.8) is 0 Å². The molecule has 1 aliphatic rings. The van der Waals surface area contributed by atoms with E-state index in [2.05, 4.69) is 38.2 Å². The Morgan fingerprint density at radius 3 is 1.54 bits per heavy atom. The molecular formula is C41H72O11. The standard InChI is InChI=1S/C41H72O11/c1-3-5-7-9-11-13-15-17-18-20-21-23-25-27-29-34(42)49-31-33(32-50-41-38(46)36(44)37(45)39(52-41)40(47)48)51-35(43)30-28-26-24-22-19-16-14-12-10-8-6-4-2/h12,14-15,17,33,36-39,41,44-46H,3-11,13,16,18-32H2,1-2H3,(H,47,48)/b14-12-,17-15-. The van der Waals surface area contributed by atoms with Crippen molar-refractivity contribution >= 4 is 17.9 Å². The van der Waals surface area contributed by atoms with E-state index in [1.54, 1.807) is 0 Å². The minimum atomic E-state index is -1.86. The number of carboxylic acid groups (broad SMARTS) is 1. The average molecular weight is 741 g/mol. The highest BCUT2D eigenvalue weighted by Crippen LogP contribution is 2.23. The third-order valence-corrected chi connectivity index (χ3v) is 9.27. The summed E-state index contributed by atoms with van der Waals surface area (Å²) in [6, 6.07) is 0. The molecule has 0 spiro atoms. The molecular weight excluding hydrogens is 668 g/mol. The van der Waals surface area contributed by atoms with E-state index in [4.69, 9.17) is 18.9 Å². The number of ether oxygens (including phenoxy) is 4. The molecule has 0 aromatic rings. The maximum atomic E-state index is 12.7. The number of aliphatic hydroxyl groups is 3. The van der Waals surface area contributed by atoms with Gasteiger partial charge in [0.2, 0.25) is 0 Å². The van der Waals surface area contributed by atoms with Crippen LogP contribution in [-0.4, -0.2) is 88.4 Å². The highest BCUT2D eigenvalue weighted by molar-refractivity contribution is 5.73. The molecule has 11 nitrogen and oxygen atoms in total. The second kappa shape index (κ2) is 32.1. The molecule has 0 saturated carbocycles. The molecule has 4 N–H and O–H groups in total. The summed E-state index contributed by atoms with van der Waals surface area (Å²) in [6.45, 7) is 3.74. The summed E-state index contributed by atoms with van der Waals surface area (Å²) >= 11 is 0. The second-order valence-electron chi connectivity index (χ2n) is 14.1. The first-order valence-corrected chi connectivity index (χ1v) is 20.4. The summed E-state index contributed by atoms with van der Waals surface area (Å²) in [6.07, 6.45) is 23.8. The van der Waals surface area contributed by atoms with Crippen LogP contribution in [-0.2, 0) is 33.3 Å². The van der Waals surface area contributed by atoms with Crippen LogP contribution in [0.5, 0.6) is 0 Å². The Labute approximate surface area is 313 Å². The van der Waals surface area contributed by atoms with Gasteiger partial charge in [0.15, 0.2) is 18.5 Å². The van der Waals surface area contributed by atoms with Crippen molar-refractivity contribution in [2.45, 2.75) is 205 Å². The number of esters is 2. The van der Waals surface area contributed by atoms with Crippen LogP contribution in [0.1, 0.15) is 168 Å². The predicted molar refractivity (Wildman–Crippen MR) is 202 cm³/mol. The number of hydrogen-bond donors (Lipinski definition) is 4. The zero-order valence-electron chi connectivity index (χ0n) is 32.3.